The maximum atomic E-state index is 5.85. The number of unbranched alkanes of at least 4 members (excludes halogenated alkanes) is 1. The van der Waals surface area contributed by atoms with Crippen molar-refractivity contribution >= 4 is 0 Å². The first-order valence-corrected chi connectivity index (χ1v) is 7.56. The van der Waals surface area contributed by atoms with Crippen molar-refractivity contribution in [2.75, 3.05) is 6.61 Å². The Morgan fingerprint density at radius 2 is 1.47 bits per heavy atom. The largest absolute Gasteiger partial charge is 0.352 e. The smallest absolute Gasteiger partial charge is 0.176 e. The molecule has 0 aliphatic carbocycles. The van der Waals surface area contributed by atoms with E-state index in [4.69, 9.17) is 9.47 Å². The van der Waals surface area contributed by atoms with Crippen molar-refractivity contribution in [2.45, 2.75) is 91.7 Å². The average Bonchev–Trinajstić information content (AvgIpc) is 2.36. The molecule has 0 saturated carbocycles. The molecule has 0 N–H and O–H groups in total. The fourth-order valence-corrected chi connectivity index (χ4v) is 1.53. The molecule has 0 saturated heterocycles. The molecule has 0 spiro atoms. The molecule has 2 atom stereocenters. The first-order chi connectivity index (χ1) is 8.81. The van der Waals surface area contributed by atoms with E-state index >= 15 is 0 Å². The van der Waals surface area contributed by atoms with Gasteiger partial charge in [0.25, 0.3) is 0 Å². The van der Waals surface area contributed by atoms with Gasteiger partial charge in [0.1, 0.15) is 0 Å². The SMILES string of the molecule is CCCCOC(C)(CC)N=NC(C)(CC)OC(C)C. The number of ether oxygens (including phenoxy) is 2. The molecule has 0 aromatic heterocycles. The van der Waals surface area contributed by atoms with Crippen molar-refractivity contribution in [3.63, 3.8) is 0 Å². The van der Waals surface area contributed by atoms with Gasteiger partial charge in [-0.15, -0.1) is 0 Å². The molecule has 0 aromatic carbocycles. The lowest BCUT2D eigenvalue weighted by Gasteiger charge is -2.28. The van der Waals surface area contributed by atoms with E-state index < -0.39 is 11.4 Å². The van der Waals surface area contributed by atoms with E-state index in [2.05, 4.69) is 31.0 Å². The summed E-state index contributed by atoms with van der Waals surface area (Å²) in [6.07, 6.45) is 3.92. The van der Waals surface area contributed by atoms with E-state index in [0.717, 1.165) is 32.3 Å². The van der Waals surface area contributed by atoms with Crippen LogP contribution in [-0.4, -0.2) is 24.2 Å². The Bertz CT molecular complexity index is 269. The van der Waals surface area contributed by atoms with Gasteiger partial charge in [-0.3, -0.25) is 0 Å². The summed E-state index contributed by atoms with van der Waals surface area (Å²) in [5, 5.41) is 8.83. The van der Waals surface area contributed by atoms with E-state index in [-0.39, 0.29) is 6.10 Å². The molecule has 0 rings (SSSR count). The van der Waals surface area contributed by atoms with Gasteiger partial charge in [-0.25, -0.2) is 0 Å². The highest BCUT2D eigenvalue weighted by molar-refractivity contribution is 4.74. The monoisotopic (exact) mass is 272 g/mol. The second-order valence-corrected chi connectivity index (χ2v) is 5.63. The molecule has 0 amide bonds. The second kappa shape index (κ2) is 8.64. The highest BCUT2D eigenvalue weighted by Gasteiger charge is 2.27. The van der Waals surface area contributed by atoms with E-state index in [9.17, 15) is 0 Å². The van der Waals surface area contributed by atoms with Crippen molar-refractivity contribution in [2.24, 2.45) is 10.2 Å². The highest BCUT2D eigenvalue weighted by Crippen LogP contribution is 2.25. The summed E-state index contributed by atoms with van der Waals surface area (Å²) in [6, 6.07) is 0. The topological polar surface area (TPSA) is 43.2 Å². The Hall–Kier alpha value is -0.480. The van der Waals surface area contributed by atoms with Crippen molar-refractivity contribution < 1.29 is 9.47 Å². The standard InChI is InChI=1S/C15H32N2O2/c1-8-11-12-18-14(6,9-2)16-17-15(7,10-3)19-13(4)5/h13H,8-12H2,1-7H3. The van der Waals surface area contributed by atoms with Gasteiger partial charge < -0.3 is 9.47 Å². The summed E-state index contributed by atoms with van der Waals surface area (Å²) in [7, 11) is 0. The minimum atomic E-state index is -0.557. The van der Waals surface area contributed by atoms with Gasteiger partial charge in [-0.05, 0) is 47.0 Å². The van der Waals surface area contributed by atoms with Crippen LogP contribution in [0.4, 0.5) is 0 Å². The maximum absolute atomic E-state index is 5.85. The minimum absolute atomic E-state index is 0.137. The van der Waals surface area contributed by atoms with Crippen LogP contribution in [0.5, 0.6) is 0 Å². The van der Waals surface area contributed by atoms with Gasteiger partial charge in [-0.1, -0.05) is 27.2 Å². The van der Waals surface area contributed by atoms with Gasteiger partial charge in [0.05, 0.1) is 6.10 Å². The van der Waals surface area contributed by atoms with Crippen LogP contribution in [0.3, 0.4) is 0 Å². The quantitative estimate of drug-likeness (QED) is 0.418. The normalized spacial score (nSPS) is 18.7. The lowest BCUT2D eigenvalue weighted by molar-refractivity contribution is -0.0835. The van der Waals surface area contributed by atoms with Gasteiger partial charge in [-0.2, -0.15) is 10.2 Å². The van der Waals surface area contributed by atoms with Crippen molar-refractivity contribution in [1.82, 2.24) is 0 Å². The fraction of sp³-hybridized carbons (Fsp3) is 1.00. The van der Waals surface area contributed by atoms with Crippen LogP contribution >= 0.6 is 0 Å². The summed E-state index contributed by atoms with van der Waals surface area (Å²) in [5.74, 6) is 0. The third-order valence-electron chi connectivity index (χ3n) is 3.19. The van der Waals surface area contributed by atoms with Crippen LogP contribution in [0.2, 0.25) is 0 Å². The Kier molecular flexibility index (Phi) is 8.42. The number of hydrogen-bond acceptors (Lipinski definition) is 4. The average molecular weight is 272 g/mol. The molecular weight excluding hydrogens is 240 g/mol. The molecule has 4 heteroatoms. The molecule has 0 aliphatic rings. The molecule has 114 valence electrons. The molecule has 0 aliphatic heterocycles. The van der Waals surface area contributed by atoms with E-state index in [1.165, 1.54) is 0 Å². The molecular formula is C15H32N2O2. The predicted molar refractivity (Wildman–Crippen MR) is 79.3 cm³/mol. The molecule has 0 aromatic rings. The molecule has 2 unspecified atom stereocenters. The summed E-state index contributed by atoms with van der Waals surface area (Å²) in [5.41, 5.74) is -1.09. The van der Waals surface area contributed by atoms with E-state index in [1.54, 1.807) is 0 Å². The Labute approximate surface area is 119 Å². The minimum Gasteiger partial charge on any atom is -0.352 e. The van der Waals surface area contributed by atoms with Crippen molar-refractivity contribution in [1.29, 1.82) is 0 Å². The molecule has 0 fully saturated rings. The first-order valence-electron chi connectivity index (χ1n) is 7.56. The highest BCUT2D eigenvalue weighted by atomic mass is 16.5. The summed E-state index contributed by atoms with van der Waals surface area (Å²) in [6.45, 7) is 15.0. The number of nitrogens with zero attached hydrogens (tertiary/aromatic N) is 2. The number of azo groups is 1. The molecule has 0 heterocycles. The molecule has 0 radical (unpaired) electrons. The van der Waals surface area contributed by atoms with Crippen LogP contribution in [0.15, 0.2) is 10.2 Å². The Morgan fingerprint density at radius 3 is 1.89 bits per heavy atom. The molecule has 4 nitrogen and oxygen atoms in total. The zero-order valence-electron chi connectivity index (χ0n) is 13.8. The Balaban J connectivity index is 4.67. The summed E-state index contributed by atoms with van der Waals surface area (Å²) in [4.78, 5) is 0. The Morgan fingerprint density at radius 1 is 0.947 bits per heavy atom. The molecule has 0 bridgehead atoms. The third kappa shape index (κ3) is 7.63. The van der Waals surface area contributed by atoms with Crippen molar-refractivity contribution in [3.05, 3.63) is 0 Å². The van der Waals surface area contributed by atoms with Crippen LogP contribution in [-0.2, 0) is 9.47 Å². The predicted octanol–water partition coefficient (Wildman–Crippen LogP) is 4.93. The second-order valence-electron chi connectivity index (χ2n) is 5.63. The first kappa shape index (κ1) is 18.5. The summed E-state index contributed by atoms with van der Waals surface area (Å²) < 4.78 is 11.7. The fourth-order valence-electron chi connectivity index (χ4n) is 1.53. The van der Waals surface area contributed by atoms with Crippen LogP contribution in [0.1, 0.15) is 74.1 Å². The zero-order chi connectivity index (χ0) is 14.9. The lowest BCUT2D eigenvalue weighted by atomic mass is 10.2. The summed E-state index contributed by atoms with van der Waals surface area (Å²) >= 11 is 0. The van der Waals surface area contributed by atoms with E-state index in [1.807, 2.05) is 27.7 Å². The number of hydrogen-bond donors (Lipinski definition) is 0. The maximum Gasteiger partial charge on any atom is 0.176 e. The van der Waals surface area contributed by atoms with Crippen LogP contribution < -0.4 is 0 Å². The van der Waals surface area contributed by atoms with Crippen molar-refractivity contribution in [3.8, 4) is 0 Å². The van der Waals surface area contributed by atoms with E-state index in [0.29, 0.717) is 0 Å². The van der Waals surface area contributed by atoms with Gasteiger partial charge in [0, 0.05) is 6.61 Å². The van der Waals surface area contributed by atoms with Crippen LogP contribution in [0.25, 0.3) is 0 Å². The number of rotatable bonds is 10. The molecule has 19 heavy (non-hydrogen) atoms. The van der Waals surface area contributed by atoms with Gasteiger partial charge in [0.15, 0.2) is 11.4 Å². The lowest BCUT2D eigenvalue weighted by Crippen LogP contribution is -2.31. The zero-order valence-corrected chi connectivity index (χ0v) is 13.8. The van der Waals surface area contributed by atoms with Gasteiger partial charge >= 0.3 is 0 Å². The van der Waals surface area contributed by atoms with Gasteiger partial charge in [0.2, 0.25) is 0 Å². The third-order valence-corrected chi connectivity index (χ3v) is 3.19. The van der Waals surface area contributed by atoms with Crippen LogP contribution in [0, 0.1) is 0 Å².